The molecule has 2 N–H and O–H groups in total. The Bertz CT molecular complexity index is 1580. The van der Waals surface area contributed by atoms with Gasteiger partial charge in [0.15, 0.2) is 0 Å². The zero-order chi connectivity index (χ0) is 30.2. The second kappa shape index (κ2) is 13.4. The molecule has 0 aromatic heterocycles. The van der Waals surface area contributed by atoms with Crippen LogP contribution in [-0.4, -0.2) is 34.6 Å². The Kier molecular flexibility index (Phi) is 9.71. The molecule has 0 aliphatic carbocycles. The molecule has 42 heavy (non-hydrogen) atoms. The fourth-order valence-electron chi connectivity index (χ4n) is 3.90. The molecule has 4 aromatic carbocycles. The predicted molar refractivity (Wildman–Crippen MR) is 154 cm³/mol. The molecule has 220 valence electrons. The first-order valence-electron chi connectivity index (χ1n) is 12.8. The summed E-state index contributed by atoms with van der Waals surface area (Å²) in [4.78, 5) is 14.2. The van der Waals surface area contributed by atoms with Crippen molar-refractivity contribution in [3.63, 3.8) is 0 Å². The molecule has 8 nitrogen and oxygen atoms in total. The minimum absolute atomic E-state index is 0.0893. The summed E-state index contributed by atoms with van der Waals surface area (Å²) >= 11 is 0. The number of nitrogens with zero attached hydrogens (tertiary/aromatic N) is 1. The third-order valence-corrected chi connectivity index (χ3v) is 7.49. The van der Waals surface area contributed by atoms with E-state index in [1.165, 1.54) is 12.0 Å². The molecule has 2 amide bonds. The number of nitrogens with one attached hydrogen (secondary N) is 2. The Labute approximate surface area is 241 Å². The van der Waals surface area contributed by atoms with Gasteiger partial charge in [0.2, 0.25) is 10.0 Å². The molecular weight excluding hydrogens is 571 g/mol. The number of ether oxygens (including phenoxy) is 2. The number of rotatable bonds is 11. The van der Waals surface area contributed by atoms with Crippen molar-refractivity contribution in [1.82, 2.24) is 4.72 Å². The number of hydrogen-bond donors (Lipinski definition) is 2. The van der Waals surface area contributed by atoms with E-state index in [1.807, 2.05) is 30.3 Å². The van der Waals surface area contributed by atoms with Crippen molar-refractivity contribution in [3.8, 4) is 17.2 Å². The van der Waals surface area contributed by atoms with Crippen LogP contribution in [0.4, 0.5) is 29.3 Å². The van der Waals surface area contributed by atoms with Crippen LogP contribution in [0.2, 0.25) is 0 Å². The van der Waals surface area contributed by atoms with Gasteiger partial charge in [-0.2, -0.15) is 13.2 Å². The van der Waals surface area contributed by atoms with Gasteiger partial charge in [0.05, 0.1) is 17.6 Å². The Morgan fingerprint density at radius 3 is 2.12 bits per heavy atom. The number of sulfonamides is 1. The lowest BCUT2D eigenvalue weighted by Crippen LogP contribution is -2.37. The summed E-state index contributed by atoms with van der Waals surface area (Å²) in [5.41, 5.74) is -0.0336. The highest BCUT2D eigenvalue weighted by Gasteiger charge is 2.31. The molecule has 0 heterocycles. The quantitative estimate of drug-likeness (QED) is 0.183. The predicted octanol–water partition coefficient (Wildman–Crippen LogP) is 6.91. The van der Waals surface area contributed by atoms with Crippen molar-refractivity contribution in [1.29, 1.82) is 0 Å². The van der Waals surface area contributed by atoms with Crippen LogP contribution >= 0.6 is 0 Å². The van der Waals surface area contributed by atoms with Gasteiger partial charge in [-0.15, -0.1) is 0 Å². The minimum Gasteiger partial charge on any atom is -0.497 e. The van der Waals surface area contributed by atoms with Crippen molar-refractivity contribution in [2.24, 2.45) is 0 Å². The van der Waals surface area contributed by atoms with E-state index in [0.717, 1.165) is 18.2 Å². The van der Waals surface area contributed by atoms with Crippen molar-refractivity contribution < 1.29 is 35.9 Å². The van der Waals surface area contributed by atoms with Gasteiger partial charge in [0, 0.05) is 24.5 Å². The number of methoxy groups -OCH3 is 1. The maximum atomic E-state index is 13.3. The second-order valence-electron chi connectivity index (χ2n) is 9.00. The van der Waals surface area contributed by atoms with Crippen molar-refractivity contribution in [3.05, 3.63) is 109 Å². The molecule has 0 saturated heterocycles. The van der Waals surface area contributed by atoms with E-state index in [9.17, 15) is 26.4 Å². The number of carbonyl (C=O) groups excluding carboxylic acids is 1. The molecule has 4 rings (SSSR count). The Balaban J connectivity index is 1.46. The maximum Gasteiger partial charge on any atom is 0.416 e. The van der Waals surface area contributed by atoms with E-state index >= 15 is 0 Å². The molecule has 0 aliphatic heterocycles. The Morgan fingerprint density at radius 1 is 0.833 bits per heavy atom. The lowest BCUT2D eigenvalue weighted by atomic mass is 10.2. The van der Waals surface area contributed by atoms with Gasteiger partial charge in [0.25, 0.3) is 0 Å². The van der Waals surface area contributed by atoms with Crippen LogP contribution in [0.3, 0.4) is 0 Å². The number of benzene rings is 4. The van der Waals surface area contributed by atoms with E-state index in [0.29, 0.717) is 34.7 Å². The topological polar surface area (TPSA) is 97.0 Å². The summed E-state index contributed by atoms with van der Waals surface area (Å²) in [6.45, 7) is -0.0356. The van der Waals surface area contributed by atoms with Gasteiger partial charge in [-0.25, -0.2) is 17.9 Å². The van der Waals surface area contributed by atoms with Gasteiger partial charge in [0.1, 0.15) is 17.2 Å². The molecule has 0 atom stereocenters. The van der Waals surface area contributed by atoms with E-state index in [-0.39, 0.29) is 19.5 Å². The van der Waals surface area contributed by atoms with E-state index < -0.39 is 32.7 Å². The first-order valence-corrected chi connectivity index (χ1v) is 14.3. The van der Waals surface area contributed by atoms with Crippen LogP contribution in [0.15, 0.2) is 108 Å². The lowest BCUT2D eigenvalue weighted by molar-refractivity contribution is -0.137. The van der Waals surface area contributed by atoms with Crippen molar-refractivity contribution >= 4 is 27.4 Å². The minimum atomic E-state index is -4.68. The smallest absolute Gasteiger partial charge is 0.416 e. The summed E-state index contributed by atoms with van der Waals surface area (Å²) in [5, 5.41) is 2.80. The van der Waals surface area contributed by atoms with Gasteiger partial charge < -0.3 is 14.8 Å². The van der Waals surface area contributed by atoms with Crippen LogP contribution in [-0.2, 0) is 16.2 Å². The molecule has 0 fully saturated rings. The Hall–Kier alpha value is -4.55. The fourth-order valence-corrected chi connectivity index (χ4v) is 5.02. The summed E-state index contributed by atoms with van der Waals surface area (Å²) < 4.78 is 77.7. The number of halogens is 3. The highest BCUT2D eigenvalue weighted by Crippen LogP contribution is 2.30. The number of amides is 2. The molecule has 0 unspecified atom stereocenters. The van der Waals surface area contributed by atoms with Crippen LogP contribution in [0, 0.1) is 0 Å². The number of alkyl halides is 3. The number of urea groups is 1. The highest BCUT2D eigenvalue weighted by atomic mass is 32.2. The normalized spacial score (nSPS) is 11.5. The summed E-state index contributed by atoms with van der Waals surface area (Å²) in [6.07, 6.45) is -4.51. The molecule has 0 radical (unpaired) electrons. The number of anilines is 2. The Morgan fingerprint density at radius 2 is 1.48 bits per heavy atom. The third-order valence-electron chi connectivity index (χ3n) is 6.04. The number of carbonyl (C=O) groups is 1. The summed E-state index contributed by atoms with van der Waals surface area (Å²) in [7, 11) is -2.68. The van der Waals surface area contributed by atoms with Gasteiger partial charge in [-0.1, -0.05) is 24.3 Å². The van der Waals surface area contributed by atoms with Gasteiger partial charge in [-0.05, 0) is 85.3 Å². The average molecular weight is 600 g/mol. The van der Waals surface area contributed by atoms with Crippen LogP contribution in [0.5, 0.6) is 17.2 Å². The lowest BCUT2D eigenvalue weighted by Gasteiger charge is -2.24. The largest absolute Gasteiger partial charge is 0.497 e. The van der Waals surface area contributed by atoms with E-state index in [4.69, 9.17) is 9.47 Å². The van der Waals surface area contributed by atoms with E-state index in [2.05, 4.69) is 10.0 Å². The molecular formula is C30H28F3N3O5S. The molecule has 4 aromatic rings. The van der Waals surface area contributed by atoms with Crippen molar-refractivity contribution in [2.75, 3.05) is 30.4 Å². The van der Waals surface area contributed by atoms with Crippen LogP contribution in [0.25, 0.3) is 0 Å². The number of para-hydroxylation sites is 1. The van der Waals surface area contributed by atoms with Crippen LogP contribution < -0.4 is 24.4 Å². The van der Waals surface area contributed by atoms with Gasteiger partial charge in [-0.3, -0.25) is 4.90 Å². The molecule has 0 spiro atoms. The first-order chi connectivity index (χ1) is 20.0. The second-order valence-corrected chi connectivity index (χ2v) is 10.8. The van der Waals surface area contributed by atoms with Gasteiger partial charge >= 0.3 is 12.2 Å². The van der Waals surface area contributed by atoms with Crippen LogP contribution in [0.1, 0.15) is 12.0 Å². The zero-order valence-electron chi connectivity index (χ0n) is 22.5. The standard InChI is InChI=1S/C30H28F3N3O5S/c1-40-25-15-11-23(12-16-25)35-29(37)36(24-13-17-27(18-14-24)41-26-8-3-2-4-9-26)20-6-19-34-42(38,39)28-10-5-7-22(21-28)30(31,32)33/h2-5,7-18,21,34H,6,19-20H2,1H3,(H,35,37). The molecule has 12 heteroatoms. The summed E-state index contributed by atoms with van der Waals surface area (Å²) in [5.74, 6) is 1.81. The monoisotopic (exact) mass is 599 g/mol. The average Bonchev–Trinajstić information content (AvgIpc) is 2.98. The highest BCUT2D eigenvalue weighted by molar-refractivity contribution is 7.89. The SMILES string of the molecule is COc1ccc(NC(=O)N(CCCNS(=O)(=O)c2cccc(C(F)(F)F)c2)c2ccc(Oc3ccccc3)cc2)cc1. The third kappa shape index (κ3) is 8.24. The zero-order valence-corrected chi connectivity index (χ0v) is 23.3. The molecule has 0 aliphatic rings. The van der Waals surface area contributed by atoms with Crippen molar-refractivity contribution in [2.45, 2.75) is 17.5 Å². The maximum absolute atomic E-state index is 13.3. The molecule has 0 bridgehead atoms. The fraction of sp³-hybridized carbons (Fsp3) is 0.167. The van der Waals surface area contributed by atoms with E-state index in [1.54, 1.807) is 48.5 Å². The first kappa shape index (κ1) is 30.4. The summed E-state index contributed by atoms with van der Waals surface area (Å²) in [6, 6.07) is 25.7. The molecule has 0 saturated carbocycles. The number of hydrogen-bond acceptors (Lipinski definition) is 5.